The highest BCUT2D eigenvalue weighted by Crippen LogP contribution is 2.03. The van der Waals surface area contributed by atoms with Crippen LogP contribution in [0.5, 0.6) is 0 Å². The van der Waals surface area contributed by atoms with E-state index >= 15 is 0 Å². The van der Waals surface area contributed by atoms with Crippen LogP contribution in [0.15, 0.2) is 10.9 Å². The summed E-state index contributed by atoms with van der Waals surface area (Å²) in [7, 11) is 1.67. The molecule has 96 valence electrons. The highest BCUT2D eigenvalue weighted by molar-refractivity contribution is 7.07. The highest BCUT2D eigenvalue weighted by atomic mass is 32.1. The predicted molar refractivity (Wildman–Crippen MR) is 68.2 cm³/mol. The maximum Gasteiger partial charge on any atom is 0.220 e. The van der Waals surface area contributed by atoms with Gasteiger partial charge in [-0.25, -0.2) is 4.98 Å². The topological polar surface area (TPSA) is 63.2 Å². The molecule has 0 aliphatic heterocycles. The fourth-order valence-corrected chi connectivity index (χ4v) is 1.87. The molecule has 6 heteroatoms. The lowest BCUT2D eigenvalue weighted by atomic mass is 10.2. The molecule has 0 radical (unpaired) electrons. The van der Waals surface area contributed by atoms with Crippen LogP contribution in [0, 0.1) is 0 Å². The number of aromatic nitrogens is 1. The van der Waals surface area contributed by atoms with E-state index in [0.29, 0.717) is 26.0 Å². The molecule has 0 spiro atoms. The minimum atomic E-state index is 0.0755. The van der Waals surface area contributed by atoms with Gasteiger partial charge in [0, 0.05) is 38.5 Å². The maximum absolute atomic E-state index is 11.4. The summed E-state index contributed by atoms with van der Waals surface area (Å²) >= 11 is 1.56. The smallest absolute Gasteiger partial charge is 0.220 e. The Bertz CT molecular complexity index is 304. The first kappa shape index (κ1) is 14.1. The molecular formula is C11H19N3O2S. The lowest BCUT2D eigenvalue weighted by Crippen LogP contribution is -2.33. The van der Waals surface area contributed by atoms with Crippen molar-refractivity contribution in [3.05, 3.63) is 16.6 Å². The van der Waals surface area contributed by atoms with Crippen LogP contribution in [0.2, 0.25) is 0 Å². The van der Waals surface area contributed by atoms with E-state index in [2.05, 4.69) is 15.6 Å². The van der Waals surface area contributed by atoms with Crippen molar-refractivity contribution in [2.75, 3.05) is 33.4 Å². The van der Waals surface area contributed by atoms with Crippen molar-refractivity contribution in [2.45, 2.75) is 12.8 Å². The monoisotopic (exact) mass is 257 g/mol. The van der Waals surface area contributed by atoms with Crippen LogP contribution >= 0.6 is 11.3 Å². The molecule has 2 N–H and O–H groups in total. The Morgan fingerprint density at radius 2 is 2.35 bits per heavy atom. The van der Waals surface area contributed by atoms with Crippen LogP contribution in [0.1, 0.15) is 12.1 Å². The second kappa shape index (κ2) is 9.09. The number of hydrogen-bond donors (Lipinski definition) is 2. The number of carbonyl (C=O) groups is 1. The second-order valence-electron chi connectivity index (χ2n) is 3.57. The third kappa shape index (κ3) is 7.04. The van der Waals surface area contributed by atoms with E-state index in [1.807, 2.05) is 5.38 Å². The molecule has 0 aliphatic rings. The van der Waals surface area contributed by atoms with Crippen molar-refractivity contribution in [3.8, 4) is 0 Å². The summed E-state index contributed by atoms with van der Waals surface area (Å²) in [5.74, 6) is 0.0755. The Kier molecular flexibility index (Phi) is 7.53. The summed E-state index contributed by atoms with van der Waals surface area (Å²) in [5, 5.41) is 7.99. The van der Waals surface area contributed by atoms with Crippen molar-refractivity contribution < 1.29 is 9.53 Å². The van der Waals surface area contributed by atoms with Crippen molar-refractivity contribution in [1.82, 2.24) is 15.6 Å². The van der Waals surface area contributed by atoms with Crippen molar-refractivity contribution in [2.24, 2.45) is 0 Å². The van der Waals surface area contributed by atoms with Gasteiger partial charge in [0.05, 0.1) is 17.8 Å². The molecule has 1 aromatic heterocycles. The molecule has 0 unspecified atom stereocenters. The first-order valence-corrected chi connectivity index (χ1v) is 6.60. The molecule has 0 aromatic carbocycles. The van der Waals surface area contributed by atoms with E-state index in [1.54, 1.807) is 24.0 Å². The summed E-state index contributed by atoms with van der Waals surface area (Å²) in [6.07, 6.45) is 1.22. The van der Waals surface area contributed by atoms with Crippen LogP contribution in [0.3, 0.4) is 0 Å². The Morgan fingerprint density at radius 1 is 1.47 bits per heavy atom. The predicted octanol–water partition coefficient (Wildman–Crippen LogP) is 0.428. The Hall–Kier alpha value is -0.980. The van der Waals surface area contributed by atoms with Crippen LogP contribution in [0.25, 0.3) is 0 Å². The number of nitrogens with one attached hydrogen (secondary N) is 2. The first-order chi connectivity index (χ1) is 8.33. The minimum Gasteiger partial charge on any atom is -0.383 e. The van der Waals surface area contributed by atoms with Gasteiger partial charge in [0.2, 0.25) is 5.91 Å². The molecule has 0 aliphatic carbocycles. The van der Waals surface area contributed by atoms with E-state index < -0.39 is 0 Å². The first-order valence-electron chi connectivity index (χ1n) is 5.66. The third-order valence-corrected chi connectivity index (χ3v) is 2.83. The average molecular weight is 257 g/mol. The summed E-state index contributed by atoms with van der Waals surface area (Å²) in [6.45, 7) is 2.92. The fraction of sp³-hybridized carbons (Fsp3) is 0.636. The zero-order valence-electron chi connectivity index (χ0n) is 10.1. The van der Waals surface area contributed by atoms with E-state index in [9.17, 15) is 4.79 Å². The van der Waals surface area contributed by atoms with E-state index in [-0.39, 0.29) is 5.91 Å². The van der Waals surface area contributed by atoms with Gasteiger partial charge in [0.25, 0.3) is 0 Å². The van der Waals surface area contributed by atoms with Crippen LogP contribution in [-0.4, -0.2) is 44.2 Å². The van der Waals surface area contributed by atoms with E-state index in [4.69, 9.17) is 4.74 Å². The molecule has 0 atom stereocenters. The SMILES string of the molecule is COCCNCCNC(=O)CCc1cscn1. The zero-order valence-corrected chi connectivity index (χ0v) is 10.9. The number of ether oxygens (including phenoxy) is 1. The number of rotatable bonds is 9. The molecule has 1 rings (SSSR count). The summed E-state index contributed by atoms with van der Waals surface area (Å²) in [4.78, 5) is 15.6. The molecule has 0 saturated heterocycles. The third-order valence-electron chi connectivity index (χ3n) is 2.20. The van der Waals surface area contributed by atoms with Gasteiger partial charge < -0.3 is 15.4 Å². The molecule has 17 heavy (non-hydrogen) atoms. The highest BCUT2D eigenvalue weighted by Gasteiger charge is 2.02. The number of nitrogens with zero attached hydrogens (tertiary/aromatic N) is 1. The molecule has 1 amide bonds. The largest absolute Gasteiger partial charge is 0.383 e. The number of aryl methyl sites for hydroxylation is 1. The Balaban J connectivity index is 1.94. The van der Waals surface area contributed by atoms with Crippen molar-refractivity contribution in [3.63, 3.8) is 0 Å². The summed E-state index contributed by atoms with van der Waals surface area (Å²) in [5.41, 5.74) is 2.77. The molecule has 0 bridgehead atoms. The summed E-state index contributed by atoms with van der Waals surface area (Å²) in [6, 6.07) is 0. The number of thiazole rings is 1. The van der Waals surface area contributed by atoms with Gasteiger partial charge in [-0.1, -0.05) is 0 Å². The molecule has 1 aromatic rings. The van der Waals surface area contributed by atoms with Crippen LogP contribution < -0.4 is 10.6 Å². The minimum absolute atomic E-state index is 0.0755. The normalized spacial score (nSPS) is 10.4. The van der Waals surface area contributed by atoms with Gasteiger partial charge in [-0.2, -0.15) is 0 Å². The number of hydrogen-bond acceptors (Lipinski definition) is 5. The van der Waals surface area contributed by atoms with E-state index in [0.717, 1.165) is 18.8 Å². The molecule has 1 heterocycles. The molecule has 0 saturated carbocycles. The van der Waals surface area contributed by atoms with Crippen molar-refractivity contribution in [1.29, 1.82) is 0 Å². The Labute approximate surface area is 106 Å². The van der Waals surface area contributed by atoms with Gasteiger partial charge in [-0.15, -0.1) is 11.3 Å². The van der Waals surface area contributed by atoms with Gasteiger partial charge >= 0.3 is 0 Å². The maximum atomic E-state index is 11.4. The number of carbonyl (C=O) groups excluding carboxylic acids is 1. The van der Waals surface area contributed by atoms with Crippen LogP contribution in [-0.2, 0) is 16.0 Å². The Morgan fingerprint density at radius 3 is 3.06 bits per heavy atom. The number of methoxy groups -OCH3 is 1. The lowest BCUT2D eigenvalue weighted by molar-refractivity contribution is -0.121. The van der Waals surface area contributed by atoms with E-state index in [1.165, 1.54) is 0 Å². The lowest BCUT2D eigenvalue weighted by Gasteiger charge is -2.05. The summed E-state index contributed by atoms with van der Waals surface area (Å²) < 4.78 is 4.89. The number of amides is 1. The molecular weight excluding hydrogens is 238 g/mol. The zero-order chi connectivity index (χ0) is 12.3. The fourth-order valence-electron chi connectivity index (χ4n) is 1.28. The molecule has 0 fully saturated rings. The van der Waals surface area contributed by atoms with Crippen molar-refractivity contribution >= 4 is 17.2 Å². The molecule has 5 nitrogen and oxygen atoms in total. The van der Waals surface area contributed by atoms with Gasteiger partial charge in [-0.3, -0.25) is 4.79 Å². The average Bonchev–Trinajstić information content (AvgIpc) is 2.84. The standard InChI is InChI=1S/C11H19N3O2S/c1-16-7-6-12-4-5-13-11(15)3-2-10-8-17-9-14-10/h8-9,12H,2-7H2,1H3,(H,13,15). The van der Waals surface area contributed by atoms with Gasteiger partial charge in [0.1, 0.15) is 0 Å². The van der Waals surface area contributed by atoms with Crippen LogP contribution in [0.4, 0.5) is 0 Å². The van der Waals surface area contributed by atoms with Gasteiger partial charge in [-0.05, 0) is 6.42 Å². The second-order valence-corrected chi connectivity index (χ2v) is 4.29. The quantitative estimate of drug-likeness (QED) is 0.630. The van der Waals surface area contributed by atoms with Gasteiger partial charge in [0.15, 0.2) is 0 Å².